The quantitative estimate of drug-likeness (QED) is 0.182. The number of hydrogen-bond acceptors (Lipinski definition) is 0. The average Bonchev–Trinajstić information content (AvgIpc) is 3.80. The van der Waals surface area contributed by atoms with Crippen molar-refractivity contribution in [3.63, 3.8) is 0 Å². The Morgan fingerprint density at radius 3 is 1.30 bits per heavy atom. The zero-order valence-electron chi connectivity index (χ0n) is 22.3. The minimum absolute atomic E-state index is 0. The third kappa shape index (κ3) is 20.7. The van der Waals surface area contributed by atoms with Gasteiger partial charge < -0.3 is 24.8 Å². The van der Waals surface area contributed by atoms with E-state index in [9.17, 15) is 0 Å². The Balaban J connectivity index is -0.000000538. The first-order valence-electron chi connectivity index (χ1n) is 12.3. The SMILES string of the molecule is [Cl-].[Cl-].[Fe+2].[Fe+2].[Si]=[Zr+2].c1c[cH-]c(CCc2ccc[c-]2CCc2ccc[cH-]2)c1.c1cc[cH-]c1.c1cc[cH-]c1.c1cc[cH-]c1. The van der Waals surface area contributed by atoms with E-state index in [0.717, 1.165) is 25.7 Å². The molecule has 2 radical (unpaired) electrons. The Bertz CT molecular complexity index is 993. The fourth-order valence-corrected chi connectivity index (χ4v) is 3.66. The van der Waals surface area contributed by atoms with Gasteiger partial charge in [-0.05, 0) is 12.8 Å². The molecule has 0 aliphatic heterocycles. The van der Waals surface area contributed by atoms with Gasteiger partial charge in [-0.2, -0.15) is 107 Å². The summed E-state index contributed by atoms with van der Waals surface area (Å²) in [5.41, 5.74) is 5.94. The zero-order valence-corrected chi connectivity index (χ0v) is 29.5. The molecule has 0 aliphatic rings. The van der Waals surface area contributed by atoms with Crippen molar-refractivity contribution in [2.45, 2.75) is 25.7 Å². The number of aryl methyl sites for hydroxylation is 4. The van der Waals surface area contributed by atoms with Crippen molar-refractivity contribution in [1.29, 1.82) is 0 Å². The first-order chi connectivity index (χ1) is 17.9. The second-order valence-electron chi connectivity index (χ2n) is 8.05. The monoisotopic (exact) mass is 742 g/mol. The summed E-state index contributed by atoms with van der Waals surface area (Å²) in [6.45, 7) is 3.06. The maximum Gasteiger partial charge on any atom is -0.0491 e. The van der Waals surface area contributed by atoms with Crippen molar-refractivity contribution in [2.24, 2.45) is 0 Å². The van der Waals surface area contributed by atoms with Gasteiger partial charge in [-0.15, -0.1) is 0 Å². The normalized spacial score (nSPS) is 8.35. The van der Waals surface area contributed by atoms with Crippen LogP contribution in [0.3, 0.4) is 0 Å². The minimum Gasteiger partial charge on any atom is -0.214 e. The van der Waals surface area contributed by atoms with E-state index >= 15 is 0 Å². The van der Waals surface area contributed by atoms with Crippen LogP contribution in [0, 0.1) is 0 Å². The van der Waals surface area contributed by atoms with Crippen LogP contribution in [0.25, 0.3) is 0 Å². The molecule has 0 heterocycles. The molecule has 6 heteroatoms. The Morgan fingerprint density at radius 1 is 0.525 bits per heavy atom. The summed E-state index contributed by atoms with van der Waals surface area (Å²) in [7, 11) is 0. The van der Waals surface area contributed by atoms with Crippen LogP contribution < -0.4 is 24.8 Å². The number of hydrogen-bond donors (Lipinski definition) is 0. The summed E-state index contributed by atoms with van der Waals surface area (Å²) in [6, 6.07) is 54.1. The Labute approximate surface area is 292 Å². The molecule has 210 valence electrons. The molecule has 0 unspecified atom stereocenters. The Hall–Kier alpha value is -1.18. The largest absolute Gasteiger partial charge is 0.214 e. The number of rotatable bonds is 6. The molecule has 6 rings (SSSR count). The summed E-state index contributed by atoms with van der Waals surface area (Å²) < 4.78 is 0. The molecule has 6 aromatic rings. The van der Waals surface area contributed by atoms with Gasteiger partial charge in [0.1, 0.15) is 0 Å². The maximum atomic E-state index is 3.06. The van der Waals surface area contributed by atoms with Crippen molar-refractivity contribution in [3.05, 3.63) is 180 Å². The first-order valence-corrected chi connectivity index (χ1v) is 16.5. The van der Waals surface area contributed by atoms with E-state index in [4.69, 9.17) is 0 Å². The van der Waals surface area contributed by atoms with E-state index in [1.165, 1.54) is 45.6 Å². The second kappa shape index (κ2) is 30.8. The molecular weight excluding hydrogens is 710 g/mol. The maximum absolute atomic E-state index is 3.06. The van der Waals surface area contributed by atoms with Gasteiger partial charge in [0.2, 0.25) is 0 Å². The summed E-state index contributed by atoms with van der Waals surface area (Å²) in [5.74, 6) is 0. The third-order valence-electron chi connectivity index (χ3n) is 5.50. The van der Waals surface area contributed by atoms with E-state index in [-0.39, 0.29) is 59.0 Å². The van der Waals surface area contributed by atoms with Gasteiger partial charge >= 0.3 is 64.4 Å². The van der Waals surface area contributed by atoms with Gasteiger partial charge in [-0.25, -0.2) is 72.8 Å². The molecule has 0 saturated heterocycles. The van der Waals surface area contributed by atoms with Crippen LogP contribution in [-0.4, -0.2) is 6.88 Å². The molecule has 0 N–H and O–H groups in total. The fraction of sp³-hybridized carbons (Fsp3) is 0.118. The predicted molar refractivity (Wildman–Crippen MR) is 153 cm³/mol. The molecule has 0 aromatic heterocycles. The summed E-state index contributed by atoms with van der Waals surface area (Å²) >= 11 is 1.36. The molecule has 0 saturated carbocycles. The van der Waals surface area contributed by atoms with Crippen LogP contribution in [0.5, 0.6) is 0 Å². The molecule has 0 amide bonds. The molecule has 0 aliphatic carbocycles. The van der Waals surface area contributed by atoms with Gasteiger partial charge in [0, 0.05) is 0 Å². The zero-order chi connectivity index (χ0) is 25.5. The molecule has 0 bridgehead atoms. The molecule has 6 aromatic carbocycles. The van der Waals surface area contributed by atoms with Gasteiger partial charge in [0.15, 0.2) is 0 Å². The molecular formula is C34H34Cl2Fe2SiZr-2. The molecule has 0 spiro atoms. The van der Waals surface area contributed by atoms with Crippen LogP contribution >= 0.6 is 0 Å². The second-order valence-corrected chi connectivity index (χ2v) is 8.05. The van der Waals surface area contributed by atoms with Crippen LogP contribution in [0.1, 0.15) is 22.3 Å². The topological polar surface area (TPSA) is 0 Å². The first kappa shape index (κ1) is 43.3. The van der Waals surface area contributed by atoms with Gasteiger partial charge in [0.05, 0.1) is 0 Å². The average molecular weight is 745 g/mol. The van der Waals surface area contributed by atoms with Crippen molar-refractivity contribution >= 4 is 6.88 Å². The van der Waals surface area contributed by atoms with Crippen LogP contribution in [0.15, 0.2) is 158 Å². The van der Waals surface area contributed by atoms with E-state index < -0.39 is 0 Å². The summed E-state index contributed by atoms with van der Waals surface area (Å²) in [4.78, 5) is 0. The van der Waals surface area contributed by atoms with Gasteiger partial charge in [-0.3, -0.25) is 0 Å². The van der Waals surface area contributed by atoms with Gasteiger partial charge in [-0.1, -0.05) is 12.8 Å². The molecule has 0 atom stereocenters. The van der Waals surface area contributed by atoms with Crippen molar-refractivity contribution < 1.29 is 82.3 Å². The van der Waals surface area contributed by atoms with Crippen molar-refractivity contribution in [1.82, 2.24) is 0 Å². The van der Waals surface area contributed by atoms with Crippen molar-refractivity contribution in [3.8, 4) is 0 Å². The van der Waals surface area contributed by atoms with E-state index in [1.54, 1.807) is 0 Å². The molecule has 0 nitrogen and oxygen atoms in total. The molecule has 40 heavy (non-hydrogen) atoms. The summed E-state index contributed by atoms with van der Waals surface area (Å²) in [5, 5.41) is 0. The van der Waals surface area contributed by atoms with E-state index in [2.05, 4.69) is 73.6 Å². The van der Waals surface area contributed by atoms with Crippen LogP contribution in [0.4, 0.5) is 0 Å². The van der Waals surface area contributed by atoms with Crippen LogP contribution in [-0.2, 0) is 83.2 Å². The van der Waals surface area contributed by atoms with Gasteiger partial charge in [0.25, 0.3) is 0 Å². The molecule has 0 fully saturated rings. The number of halogens is 2. The van der Waals surface area contributed by atoms with Crippen molar-refractivity contribution in [2.75, 3.05) is 0 Å². The third-order valence-corrected chi connectivity index (χ3v) is 5.50. The standard InChI is InChI=1S/C19H19.3C5H5.2ClH.2Fe.Si.Zr/c1-2-7-16(6-1)12-14-18-10-5-11-19(18)15-13-17-8-3-4-9-17;3*1-2-4-5-3-1;;;;;;/h1-11H,12-15H2;3*1-5H;2*1H;;;;/q-3;3*-1;;;2*+2;;+2/p-2. The fourth-order valence-electron chi connectivity index (χ4n) is 3.66. The van der Waals surface area contributed by atoms with Crippen LogP contribution in [0.2, 0.25) is 0 Å². The predicted octanol–water partition coefficient (Wildman–Crippen LogP) is 2.25. The van der Waals surface area contributed by atoms with E-state index in [0.29, 0.717) is 0 Å². The summed E-state index contributed by atoms with van der Waals surface area (Å²) in [6.07, 6.45) is 4.63. The Morgan fingerprint density at radius 2 is 0.950 bits per heavy atom. The Kier molecular flexibility index (Phi) is 33.3. The van der Waals surface area contributed by atoms with E-state index in [1.807, 2.05) is 91.0 Å². The smallest absolute Gasteiger partial charge is 0.0491 e. The minimum atomic E-state index is 0.